The van der Waals surface area contributed by atoms with Crippen molar-refractivity contribution >= 4 is 23.4 Å². The standard InChI is InChI=1S/C25H26FNO7/c1-33-18-12-9-16(14-19(18)34-2)22-21(23(30)15-7-10-17(26)11-8-15)24(31)25(32)27(22)13-5-3-4-6-20(28)29/h7-12,14,22,30H,3-6,13H2,1-2H3,(H,28,29)/t22-/m1/s1. The monoisotopic (exact) mass is 471 g/mol. The number of aliphatic carboxylic acids is 1. The Hall–Kier alpha value is -3.88. The van der Waals surface area contributed by atoms with Gasteiger partial charge in [0.05, 0.1) is 25.8 Å². The highest BCUT2D eigenvalue weighted by atomic mass is 19.1. The van der Waals surface area contributed by atoms with Crippen LogP contribution in [0.2, 0.25) is 0 Å². The summed E-state index contributed by atoms with van der Waals surface area (Å²) in [4.78, 5) is 38.1. The van der Waals surface area contributed by atoms with Gasteiger partial charge in [-0.25, -0.2) is 4.39 Å². The Labute approximate surface area is 196 Å². The molecular formula is C25H26FNO7. The smallest absolute Gasteiger partial charge is 0.303 e. The molecule has 1 heterocycles. The van der Waals surface area contributed by atoms with Crippen LogP contribution < -0.4 is 9.47 Å². The number of carboxylic acid groups (broad SMARTS) is 1. The highest BCUT2D eigenvalue weighted by Gasteiger charge is 2.46. The summed E-state index contributed by atoms with van der Waals surface area (Å²) in [6.45, 7) is 0.184. The van der Waals surface area contributed by atoms with E-state index in [1.807, 2.05) is 0 Å². The third-order valence-corrected chi connectivity index (χ3v) is 5.67. The Morgan fingerprint density at radius 1 is 0.971 bits per heavy atom. The molecule has 34 heavy (non-hydrogen) atoms. The summed E-state index contributed by atoms with van der Waals surface area (Å²) in [5.74, 6) is -2.61. The van der Waals surface area contributed by atoms with E-state index < -0.39 is 35.3 Å². The molecule has 1 aliphatic rings. The van der Waals surface area contributed by atoms with Crippen LogP contribution in [0.3, 0.4) is 0 Å². The van der Waals surface area contributed by atoms with Crippen molar-refractivity contribution in [3.63, 3.8) is 0 Å². The molecule has 0 spiro atoms. The molecule has 2 aromatic carbocycles. The molecule has 1 fully saturated rings. The van der Waals surface area contributed by atoms with Gasteiger partial charge >= 0.3 is 5.97 Å². The number of carbonyl (C=O) groups excluding carboxylic acids is 2. The van der Waals surface area contributed by atoms with Crippen LogP contribution in [0.15, 0.2) is 48.0 Å². The highest BCUT2D eigenvalue weighted by molar-refractivity contribution is 6.46. The van der Waals surface area contributed by atoms with E-state index in [0.717, 1.165) is 12.1 Å². The first-order chi connectivity index (χ1) is 16.3. The Kier molecular flexibility index (Phi) is 7.88. The molecule has 0 unspecified atom stereocenters. The molecule has 3 rings (SSSR count). The summed E-state index contributed by atoms with van der Waals surface area (Å²) in [6, 6.07) is 8.99. The third kappa shape index (κ3) is 5.19. The molecule has 0 aliphatic carbocycles. The van der Waals surface area contributed by atoms with Crippen LogP contribution >= 0.6 is 0 Å². The van der Waals surface area contributed by atoms with Gasteiger partial charge in [0.15, 0.2) is 11.5 Å². The van der Waals surface area contributed by atoms with E-state index in [9.17, 15) is 23.9 Å². The van der Waals surface area contributed by atoms with Gasteiger partial charge in [-0.05, 0) is 54.8 Å². The van der Waals surface area contributed by atoms with E-state index in [0.29, 0.717) is 36.3 Å². The Morgan fingerprint density at radius 2 is 1.65 bits per heavy atom. The predicted octanol–water partition coefficient (Wildman–Crippen LogP) is 3.91. The second kappa shape index (κ2) is 10.8. The topological polar surface area (TPSA) is 113 Å². The number of rotatable bonds is 10. The molecule has 2 aromatic rings. The number of halogens is 1. The lowest BCUT2D eigenvalue weighted by atomic mass is 9.95. The number of carboxylic acids is 1. The molecule has 1 atom stereocenters. The number of unbranched alkanes of at least 4 members (excludes halogenated alkanes) is 2. The maximum absolute atomic E-state index is 13.4. The van der Waals surface area contributed by atoms with Crippen molar-refractivity contribution in [2.45, 2.75) is 31.7 Å². The number of likely N-dealkylation sites (tertiary alicyclic amines) is 1. The fraction of sp³-hybridized carbons (Fsp3) is 0.320. The van der Waals surface area contributed by atoms with Crippen molar-refractivity contribution < 1.29 is 38.5 Å². The highest BCUT2D eigenvalue weighted by Crippen LogP contribution is 2.42. The number of carbonyl (C=O) groups is 3. The second-order valence-electron chi connectivity index (χ2n) is 7.82. The molecule has 9 heteroatoms. The van der Waals surface area contributed by atoms with Gasteiger partial charge in [-0.15, -0.1) is 0 Å². The van der Waals surface area contributed by atoms with Gasteiger partial charge in [0.2, 0.25) is 0 Å². The molecule has 180 valence electrons. The van der Waals surface area contributed by atoms with E-state index in [1.54, 1.807) is 18.2 Å². The largest absolute Gasteiger partial charge is 0.507 e. The first-order valence-corrected chi connectivity index (χ1v) is 10.8. The van der Waals surface area contributed by atoms with Crippen LogP contribution in [0.25, 0.3) is 5.76 Å². The lowest BCUT2D eigenvalue weighted by Gasteiger charge is -2.26. The van der Waals surface area contributed by atoms with Crippen LogP contribution in [-0.4, -0.2) is 53.5 Å². The van der Waals surface area contributed by atoms with E-state index in [4.69, 9.17) is 14.6 Å². The van der Waals surface area contributed by atoms with E-state index in [1.165, 1.54) is 31.3 Å². The lowest BCUT2D eigenvalue weighted by Crippen LogP contribution is -2.30. The zero-order valence-electron chi connectivity index (χ0n) is 18.9. The minimum Gasteiger partial charge on any atom is -0.507 e. The van der Waals surface area contributed by atoms with Crippen molar-refractivity contribution in [3.8, 4) is 11.5 Å². The third-order valence-electron chi connectivity index (χ3n) is 5.67. The predicted molar refractivity (Wildman–Crippen MR) is 121 cm³/mol. The van der Waals surface area contributed by atoms with Crippen LogP contribution in [0, 0.1) is 5.82 Å². The molecule has 1 amide bonds. The zero-order chi connectivity index (χ0) is 24.8. The number of hydrogen-bond acceptors (Lipinski definition) is 6. The number of aliphatic hydroxyl groups excluding tert-OH is 1. The summed E-state index contributed by atoms with van der Waals surface area (Å²) in [5.41, 5.74) is 0.603. The molecule has 0 bridgehead atoms. The fourth-order valence-corrected chi connectivity index (χ4v) is 3.98. The maximum Gasteiger partial charge on any atom is 0.303 e. The second-order valence-corrected chi connectivity index (χ2v) is 7.82. The summed E-state index contributed by atoms with van der Waals surface area (Å²) in [6.07, 6.45) is 1.48. The van der Waals surface area contributed by atoms with Gasteiger partial charge in [-0.1, -0.05) is 12.5 Å². The molecular weight excluding hydrogens is 445 g/mol. The average molecular weight is 471 g/mol. The van der Waals surface area contributed by atoms with Gasteiger partial charge in [0, 0.05) is 18.5 Å². The van der Waals surface area contributed by atoms with E-state index >= 15 is 0 Å². The van der Waals surface area contributed by atoms with Gasteiger partial charge in [-0.3, -0.25) is 14.4 Å². The Morgan fingerprint density at radius 3 is 2.26 bits per heavy atom. The van der Waals surface area contributed by atoms with Crippen molar-refractivity contribution in [2.75, 3.05) is 20.8 Å². The minimum absolute atomic E-state index is 0.0164. The number of aliphatic hydroxyl groups is 1. The number of benzene rings is 2. The number of amides is 1. The molecule has 0 saturated carbocycles. The lowest BCUT2D eigenvalue weighted by molar-refractivity contribution is -0.140. The molecule has 1 saturated heterocycles. The van der Waals surface area contributed by atoms with Crippen LogP contribution in [0.1, 0.15) is 42.9 Å². The van der Waals surface area contributed by atoms with Gasteiger partial charge in [-0.2, -0.15) is 0 Å². The zero-order valence-corrected chi connectivity index (χ0v) is 18.9. The first-order valence-electron chi connectivity index (χ1n) is 10.8. The van der Waals surface area contributed by atoms with Gasteiger partial charge in [0.1, 0.15) is 11.6 Å². The Bertz CT molecular complexity index is 1110. The van der Waals surface area contributed by atoms with Crippen molar-refractivity contribution in [3.05, 3.63) is 65.0 Å². The number of ether oxygens (including phenoxy) is 2. The number of hydrogen-bond donors (Lipinski definition) is 2. The fourth-order valence-electron chi connectivity index (χ4n) is 3.98. The van der Waals surface area contributed by atoms with Gasteiger partial charge in [0.25, 0.3) is 11.7 Å². The average Bonchev–Trinajstić information content (AvgIpc) is 3.08. The molecule has 0 radical (unpaired) electrons. The number of nitrogens with zero attached hydrogens (tertiary/aromatic N) is 1. The summed E-state index contributed by atoms with van der Waals surface area (Å²) in [7, 11) is 2.94. The molecule has 0 aromatic heterocycles. The normalized spacial score (nSPS) is 17.1. The van der Waals surface area contributed by atoms with Crippen LogP contribution in [0.5, 0.6) is 11.5 Å². The SMILES string of the molecule is COc1ccc([C@@H]2C(=C(O)c3ccc(F)cc3)C(=O)C(=O)N2CCCCCC(=O)O)cc1OC. The Balaban J connectivity index is 2.04. The summed E-state index contributed by atoms with van der Waals surface area (Å²) in [5, 5.41) is 19.8. The molecule has 2 N–H and O–H groups in total. The van der Waals surface area contributed by atoms with Crippen molar-refractivity contribution in [1.29, 1.82) is 0 Å². The van der Waals surface area contributed by atoms with Crippen LogP contribution in [0.4, 0.5) is 4.39 Å². The number of methoxy groups -OCH3 is 2. The van der Waals surface area contributed by atoms with Gasteiger partial charge < -0.3 is 24.6 Å². The first kappa shape index (κ1) is 24.8. The van der Waals surface area contributed by atoms with Crippen molar-refractivity contribution in [1.82, 2.24) is 4.90 Å². The minimum atomic E-state index is -0.913. The summed E-state index contributed by atoms with van der Waals surface area (Å²) < 4.78 is 24.0. The maximum atomic E-state index is 13.4. The molecule has 1 aliphatic heterocycles. The van der Waals surface area contributed by atoms with E-state index in [-0.39, 0.29) is 24.1 Å². The van der Waals surface area contributed by atoms with Crippen LogP contribution in [-0.2, 0) is 14.4 Å². The summed E-state index contributed by atoms with van der Waals surface area (Å²) >= 11 is 0. The molecule has 8 nitrogen and oxygen atoms in total. The number of ketones is 1. The van der Waals surface area contributed by atoms with E-state index in [2.05, 4.69) is 0 Å². The number of Topliss-reactive ketones (excluding diaryl/α,β-unsaturated/α-hetero) is 1. The van der Waals surface area contributed by atoms with Crippen molar-refractivity contribution in [2.24, 2.45) is 0 Å². The quantitative estimate of drug-likeness (QED) is 0.234.